The molecular formula is C16H22Cl2O. The number of hydrogen-bond donors (Lipinski definition) is 0. The van der Waals surface area contributed by atoms with E-state index in [1.165, 1.54) is 0 Å². The summed E-state index contributed by atoms with van der Waals surface area (Å²) in [6, 6.07) is 3.72. The first-order valence-corrected chi connectivity index (χ1v) is 7.56. The van der Waals surface area contributed by atoms with E-state index in [1.54, 1.807) is 0 Å². The van der Waals surface area contributed by atoms with E-state index in [-0.39, 0.29) is 6.10 Å². The Kier molecular flexibility index (Phi) is 6.74. The van der Waals surface area contributed by atoms with Crippen LogP contribution >= 0.6 is 23.2 Å². The zero-order valence-corrected chi connectivity index (χ0v) is 13.4. The standard InChI is InChI=1S/C16H22Cl2O/c1-5-7-13(8-6-2)19-16-14(17)9-12(11(3)4)10-15(16)18/h9-10,13H,3,5-8H2,1-2,4H3. The lowest BCUT2D eigenvalue weighted by atomic mass is 10.1. The Bertz CT molecular complexity index is 411. The monoisotopic (exact) mass is 300 g/mol. The van der Waals surface area contributed by atoms with Gasteiger partial charge in [-0.15, -0.1) is 0 Å². The maximum Gasteiger partial charge on any atom is 0.156 e. The van der Waals surface area contributed by atoms with Crippen LogP contribution in [0, 0.1) is 0 Å². The van der Waals surface area contributed by atoms with E-state index in [9.17, 15) is 0 Å². The molecular weight excluding hydrogens is 279 g/mol. The van der Waals surface area contributed by atoms with Gasteiger partial charge in [0.2, 0.25) is 0 Å². The Balaban J connectivity index is 2.96. The van der Waals surface area contributed by atoms with Gasteiger partial charge in [-0.3, -0.25) is 0 Å². The topological polar surface area (TPSA) is 9.23 Å². The smallest absolute Gasteiger partial charge is 0.156 e. The van der Waals surface area contributed by atoms with Gasteiger partial charge < -0.3 is 4.74 Å². The van der Waals surface area contributed by atoms with Gasteiger partial charge in [0.1, 0.15) is 0 Å². The van der Waals surface area contributed by atoms with Crippen LogP contribution in [0.5, 0.6) is 5.75 Å². The molecule has 1 rings (SSSR count). The van der Waals surface area contributed by atoms with Crippen molar-refractivity contribution in [3.63, 3.8) is 0 Å². The largest absolute Gasteiger partial charge is 0.487 e. The second-order valence-corrected chi connectivity index (χ2v) is 5.68. The molecule has 1 aromatic carbocycles. The van der Waals surface area contributed by atoms with Gasteiger partial charge in [0, 0.05) is 0 Å². The van der Waals surface area contributed by atoms with Crippen molar-refractivity contribution >= 4 is 28.8 Å². The van der Waals surface area contributed by atoms with Gasteiger partial charge in [-0.05, 0) is 37.5 Å². The van der Waals surface area contributed by atoms with Crippen molar-refractivity contribution in [1.82, 2.24) is 0 Å². The molecule has 19 heavy (non-hydrogen) atoms. The average molecular weight is 301 g/mol. The van der Waals surface area contributed by atoms with Crippen molar-refractivity contribution in [2.75, 3.05) is 0 Å². The van der Waals surface area contributed by atoms with Crippen LogP contribution in [0.2, 0.25) is 10.0 Å². The lowest BCUT2D eigenvalue weighted by molar-refractivity contribution is 0.179. The van der Waals surface area contributed by atoms with E-state index >= 15 is 0 Å². The minimum absolute atomic E-state index is 0.181. The highest BCUT2D eigenvalue weighted by atomic mass is 35.5. The first-order valence-electron chi connectivity index (χ1n) is 6.81. The number of halogens is 2. The van der Waals surface area contributed by atoms with Gasteiger partial charge in [0.25, 0.3) is 0 Å². The molecule has 0 spiro atoms. The Morgan fingerprint density at radius 3 is 2.00 bits per heavy atom. The molecule has 1 aromatic rings. The number of hydrogen-bond acceptors (Lipinski definition) is 1. The quantitative estimate of drug-likeness (QED) is 0.568. The van der Waals surface area contributed by atoms with Crippen LogP contribution in [0.4, 0.5) is 0 Å². The van der Waals surface area contributed by atoms with E-state index in [0.717, 1.165) is 36.8 Å². The van der Waals surface area contributed by atoms with E-state index in [0.29, 0.717) is 15.8 Å². The van der Waals surface area contributed by atoms with Crippen molar-refractivity contribution in [1.29, 1.82) is 0 Å². The molecule has 0 atom stereocenters. The fourth-order valence-corrected chi connectivity index (χ4v) is 2.57. The van der Waals surface area contributed by atoms with E-state index < -0.39 is 0 Å². The summed E-state index contributed by atoms with van der Waals surface area (Å²) in [5.41, 5.74) is 1.89. The number of ether oxygens (including phenoxy) is 1. The number of benzene rings is 1. The maximum atomic E-state index is 6.27. The van der Waals surface area contributed by atoms with Crippen LogP contribution < -0.4 is 4.74 Å². The lowest BCUT2D eigenvalue weighted by Gasteiger charge is -2.20. The van der Waals surface area contributed by atoms with Crippen molar-refractivity contribution in [3.8, 4) is 5.75 Å². The van der Waals surface area contributed by atoms with Gasteiger partial charge in [-0.2, -0.15) is 0 Å². The Morgan fingerprint density at radius 2 is 1.63 bits per heavy atom. The van der Waals surface area contributed by atoms with Crippen LogP contribution in [0.1, 0.15) is 52.0 Å². The fraction of sp³-hybridized carbons (Fsp3) is 0.500. The third kappa shape index (κ3) is 4.74. The third-order valence-electron chi connectivity index (χ3n) is 3.00. The predicted molar refractivity (Wildman–Crippen MR) is 85.4 cm³/mol. The molecule has 0 aliphatic rings. The summed E-state index contributed by atoms with van der Waals surface area (Å²) >= 11 is 12.5. The minimum Gasteiger partial charge on any atom is -0.487 e. The molecule has 0 saturated heterocycles. The highest BCUT2D eigenvalue weighted by molar-refractivity contribution is 6.37. The molecule has 0 aliphatic heterocycles. The molecule has 106 valence electrons. The fourth-order valence-electron chi connectivity index (χ4n) is 1.99. The van der Waals surface area contributed by atoms with Gasteiger partial charge in [-0.25, -0.2) is 0 Å². The highest BCUT2D eigenvalue weighted by Crippen LogP contribution is 2.37. The molecule has 0 aromatic heterocycles. The van der Waals surface area contributed by atoms with Crippen molar-refractivity contribution in [2.24, 2.45) is 0 Å². The number of rotatable bonds is 7. The second-order valence-electron chi connectivity index (χ2n) is 4.87. The number of allylic oxidation sites excluding steroid dienone is 1. The zero-order valence-electron chi connectivity index (χ0n) is 11.9. The zero-order chi connectivity index (χ0) is 14.4. The molecule has 3 heteroatoms. The molecule has 0 saturated carbocycles. The van der Waals surface area contributed by atoms with Crippen LogP contribution in [-0.4, -0.2) is 6.10 Å². The normalized spacial score (nSPS) is 10.8. The maximum absolute atomic E-state index is 6.27. The molecule has 0 amide bonds. The average Bonchev–Trinajstić information content (AvgIpc) is 2.33. The van der Waals surface area contributed by atoms with Crippen molar-refractivity contribution < 1.29 is 4.74 Å². The molecule has 1 nitrogen and oxygen atoms in total. The van der Waals surface area contributed by atoms with Crippen LogP contribution in [0.15, 0.2) is 18.7 Å². The summed E-state index contributed by atoms with van der Waals surface area (Å²) in [7, 11) is 0. The van der Waals surface area contributed by atoms with Crippen molar-refractivity contribution in [2.45, 2.75) is 52.6 Å². The third-order valence-corrected chi connectivity index (χ3v) is 3.56. The molecule has 0 radical (unpaired) electrons. The summed E-state index contributed by atoms with van der Waals surface area (Å²) in [4.78, 5) is 0. The molecule has 0 fully saturated rings. The van der Waals surface area contributed by atoms with E-state index in [4.69, 9.17) is 27.9 Å². The lowest BCUT2D eigenvalue weighted by Crippen LogP contribution is -2.16. The first kappa shape index (κ1) is 16.4. The summed E-state index contributed by atoms with van der Waals surface area (Å²) in [5, 5.41) is 1.12. The second kappa shape index (κ2) is 7.81. The van der Waals surface area contributed by atoms with E-state index in [2.05, 4.69) is 20.4 Å². The van der Waals surface area contributed by atoms with Gasteiger partial charge in [0.15, 0.2) is 5.75 Å². The molecule has 0 unspecified atom stereocenters. The summed E-state index contributed by atoms with van der Waals surface area (Å²) < 4.78 is 6.00. The molecule has 0 heterocycles. The van der Waals surface area contributed by atoms with Crippen LogP contribution in [0.25, 0.3) is 5.57 Å². The highest BCUT2D eigenvalue weighted by Gasteiger charge is 2.15. The Labute approximate surface area is 126 Å². The summed E-state index contributed by atoms with van der Waals surface area (Å²) in [6.45, 7) is 10.1. The Morgan fingerprint density at radius 1 is 1.16 bits per heavy atom. The predicted octanol–water partition coefficient (Wildman–Crippen LogP) is 6.37. The molecule has 0 bridgehead atoms. The Hall–Kier alpha value is -0.660. The van der Waals surface area contributed by atoms with Crippen LogP contribution in [-0.2, 0) is 0 Å². The van der Waals surface area contributed by atoms with Crippen molar-refractivity contribution in [3.05, 3.63) is 34.3 Å². The van der Waals surface area contributed by atoms with Crippen LogP contribution in [0.3, 0.4) is 0 Å². The van der Waals surface area contributed by atoms with Gasteiger partial charge in [-0.1, -0.05) is 62.0 Å². The molecule has 0 aliphatic carbocycles. The molecule has 0 N–H and O–H groups in total. The summed E-state index contributed by atoms with van der Waals surface area (Å²) in [5.74, 6) is 0.597. The summed E-state index contributed by atoms with van der Waals surface area (Å²) in [6.07, 6.45) is 4.39. The van der Waals surface area contributed by atoms with Gasteiger partial charge in [0.05, 0.1) is 16.1 Å². The van der Waals surface area contributed by atoms with Gasteiger partial charge >= 0.3 is 0 Å². The first-order chi connectivity index (χ1) is 8.99. The van der Waals surface area contributed by atoms with E-state index in [1.807, 2.05) is 19.1 Å². The SMILES string of the molecule is C=C(C)c1cc(Cl)c(OC(CCC)CCC)c(Cl)c1. The minimum atomic E-state index is 0.181.